The quantitative estimate of drug-likeness (QED) is 0.893. The van der Waals surface area contributed by atoms with Crippen LogP contribution in [-0.4, -0.2) is 44.0 Å². The van der Waals surface area contributed by atoms with Gasteiger partial charge >= 0.3 is 0 Å². The van der Waals surface area contributed by atoms with Crippen LogP contribution in [0.15, 0.2) is 42.5 Å². The molecule has 0 bridgehead atoms. The first-order valence-corrected chi connectivity index (χ1v) is 8.48. The van der Waals surface area contributed by atoms with E-state index >= 15 is 0 Å². The number of rotatable bonds is 4. The maximum atomic E-state index is 13.2. The summed E-state index contributed by atoms with van der Waals surface area (Å²) in [6, 6.07) is 11.2. The lowest BCUT2D eigenvalue weighted by Gasteiger charge is -2.35. The molecule has 0 saturated carbocycles. The Balaban J connectivity index is 1.99. The van der Waals surface area contributed by atoms with Crippen LogP contribution >= 0.6 is 11.6 Å². The number of nitrogens with zero attached hydrogens (tertiary/aromatic N) is 1. The Morgan fingerprint density at radius 2 is 1.85 bits per heavy atom. The molecule has 1 fully saturated rings. The summed E-state index contributed by atoms with van der Waals surface area (Å²) in [4.78, 5) is 27.2. The second kappa shape index (κ2) is 7.66. The standard InChI is InChI=1S/C19H19ClN2O4/c1-25-15-9-13(10-16(11-15)26-2)19(24)22-7-6-21-18(23)17(22)12-4-3-5-14(20)8-12/h3-5,8-11,17H,6-7H2,1-2H3,(H,21,23). The molecule has 0 aromatic heterocycles. The van der Waals surface area contributed by atoms with Crippen molar-refractivity contribution in [2.45, 2.75) is 6.04 Å². The smallest absolute Gasteiger partial charge is 0.255 e. The molecule has 26 heavy (non-hydrogen) atoms. The molecule has 1 heterocycles. The summed E-state index contributed by atoms with van der Waals surface area (Å²) in [6.45, 7) is 0.782. The summed E-state index contributed by atoms with van der Waals surface area (Å²) < 4.78 is 10.5. The number of carbonyl (C=O) groups is 2. The fourth-order valence-corrected chi connectivity index (χ4v) is 3.19. The van der Waals surface area contributed by atoms with Gasteiger partial charge in [0.15, 0.2) is 0 Å². The number of amides is 2. The van der Waals surface area contributed by atoms with E-state index in [0.29, 0.717) is 40.7 Å². The number of hydrogen-bond donors (Lipinski definition) is 1. The SMILES string of the molecule is COc1cc(OC)cc(C(=O)N2CCNC(=O)C2c2cccc(Cl)c2)c1. The minimum absolute atomic E-state index is 0.235. The summed E-state index contributed by atoms with van der Waals surface area (Å²) in [6.07, 6.45) is 0. The Bertz CT molecular complexity index is 818. The van der Waals surface area contributed by atoms with E-state index in [-0.39, 0.29) is 11.8 Å². The van der Waals surface area contributed by atoms with Crippen molar-refractivity contribution in [3.8, 4) is 11.5 Å². The number of nitrogens with one attached hydrogen (secondary N) is 1. The Labute approximate surface area is 156 Å². The van der Waals surface area contributed by atoms with Gasteiger partial charge in [-0.05, 0) is 29.8 Å². The fraction of sp³-hybridized carbons (Fsp3) is 0.263. The molecular formula is C19H19ClN2O4. The summed E-state index contributed by atoms with van der Waals surface area (Å²) in [5.74, 6) is 0.505. The molecule has 1 N–H and O–H groups in total. The molecule has 1 aliphatic rings. The molecule has 1 aliphatic heterocycles. The van der Waals surface area contributed by atoms with Crippen molar-refractivity contribution >= 4 is 23.4 Å². The van der Waals surface area contributed by atoms with Crippen LogP contribution < -0.4 is 14.8 Å². The van der Waals surface area contributed by atoms with Crippen LogP contribution in [0.25, 0.3) is 0 Å². The molecule has 2 aromatic rings. The third-order valence-corrected chi connectivity index (χ3v) is 4.47. The number of carbonyl (C=O) groups excluding carboxylic acids is 2. The lowest BCUT2D eigenvalue weighted by Crippen LogP contribution is -2.52. The third kappa shape index (κ3) is 3.60. The maximum Gasteiger partial charge on any atom is 0.255 e. The van der Waals surface area contributed by atoms with Crippen LogP contribution in [0.1, 0.15) is 22.0 Å². The molecule has 0 aliphatic carbocycles. The predicted octanol–water partition coefficient (Wildman–Crippen LogP) is 2.67. The van der Waals surface area contributed by atoms with E-state index in [2.05, 4.69) is 5.32 Å². The summed E-state index contributed by atoms with van der Waals surface area (Å²) in [5, 5.41) is 3.32. The highest BCUT2D eigenvalue weighted by atomic mass is 35.5. The van der Waals surface area contributed by atoms with Gasteiger partial charge in [-0.25, -0.2) is 0 Å². The lowest BCUT2D eigenvalue weighted by molar-refractivity contribution is -0.128. The number of methoxy groups -OCH3 is 2. The van der Waals surface area contributed by atoms with E-state index in [1.54, 1.807) is 47.4 Å². The van der Waals surface area contributed by atoms with E-state index in [9.17, 15) is 9.59 Å². The average molecular weight is 375 g/mol. The van der Waals surface area contributed by atoms with Gasteiger partial charge in [0.05, 0.1) is 14.2 Å². The Kier molecular flexibility index (Phi) is 5.32. The van der Waals surface area contributed by atoms with Crippen molar-refractivity contribution in [2.24, 2.45) is 0 Å². The molecular weight excluding hydrogens is 356 g/mol. The highest BCUT2D eigenvalue weighted by Gasteiger charge is 2.35. The van der Waals surface area contributed by atoms with Crippen molar-refractivity contribution < 1.29 is 19.1 Å². The number of ether oxygens (including phenoxy) is 2. The molecule has 1 saturated heterocycles. The molecule has 1 unspecified atom stereocenters. The van der Waals surface area contributed by atoms with Crippen LogP contribution in [0.2, 0.25) is 5.02 Å². The van der Waals surface area contributed by atoms with Gasteiger partial charge < -0.3 is 19.7 Å². The minimum Gasteiger partial charge on any atom is -0.497 e. The first-order chi connectivity index (χ1) is 12.5. The van der Waals surface area contributed by atoms with Crippen molar-refractivity contribution in [1.82, 2.24) is 10.2 Å². The van der Waals surface area contributed by atoms with Crippen LogP contribution in [-0.2, 0) is 4.79 Å². The van der Waals surface area contributed by atoms with Gasteiger partial charge in [-0.15, -0.1) is 0 Å². The summed E-state index contributed by atoms with van der Waals surface area (Å²) in [7, 11) is 3.04. The van der Waals surface area contributed by atoms with E-state index in [1.165, 1.54) is 14.2 Å². The number of piperazine rings is 1. The highest BCUT2D eigenvalue weighted by Crippen LogP contribution is 2.29. The summed E-state index contributed by atoms with van der Waals surface area (Å²) >= 11 is 6.07. The van der Waals surface area contributed by atoms with E-state index in [0.717, 1.165) is 0 Å². The zero-order valence-corrected chi connectivity index (χ0v) is 15.2. The van der Waals surface area contributed by atoms with Gasteiger partial charge in [-0.3, -0.25) is 9.59 Å². The largest absolute Gasteiger partial charge is 0.497 e. The molecule has 136 valence electrons. The van der Waals surface area contributed by atoms with Crippen molar-refractivity contribution in [1.29, 1.82) is 0 Å². The molecule has 2 amide bonds. The zero-order valence-electron chi connectivity index (χ0n) is 14.5. The van der Waals surface area contributed by atoms with Crippen LogP contribution in [0, 0.1) is 0 Å². The molecule has 0 spiro atoms. The molecule has 6 nitrogen and oxygen atoms in total. The first kappa shape index (κ1) is 18.1. The first-order valence-electron chi connectivity index (χ1n) is 8.10. The average Bonchev–Trinajstić information content (AvgIpc) is 2.66. The van der Waals surface area contributed by atoms with Crippen molar-refractivity contribution in [2.75, 3.05) is 27.3 Å². The van der Waals surface area contributed by atoms with Gasteiger partial charge in [0.2, 0.25) is 5.91 Å². The Morgan fingerprint density at radius 1 is 1.15 bits per heavy atom. The monoisotopic (exact) mass is 374 g/mol. The molecule has 7 heteroatoms. The number of hydrogen-bond acceptors (Lipinski definition) is 4. The summed E-state index contributed by atoms with van der Waals surface area (Å²) in [5.41, 5.74) is 1.06. The van der Waals surface area contributed by atoms with Gasteiger partial charge in [0.1, 0.15) is 17.5 Å². The normalized spacial score (nSPS) is 16.8. The molecule has 0 radical (unpaired) electrons. The predicted molar refractivity (Wildman–Crippen MR) is 97.8 cm³/mol. The minimum atomic E-state index is -0.743. The molecule has 1 atom stereocenters. The highest BCUT2D eigenvalue weighted by molar-refractivity contribution is 6.30. The van der Waals surface area contributed by atoms with E-state index in [1.807, 2.05) is 0 Å². The topological polar surface area (TPSA) is 67.9 Å². The van der Waals surface area contributed by atoms with Gasteiger partial charge in [0.25, 0.3) is 5.91 Å². The van der Waals surface area contributed by atoms with Gasteiger partial charge in [0, 0.05) is 29.7 Å². The van der Waals surface area contributed by atoms with E-state index in [4.69, 9.17) is 21.1 Å². The zero-order chi connectivity index (χ0) is 18.7. The fourth-order valence-electron chi connectivity index (χ4n) is 2.99. The van der Waals surface area contributed by atoms with Crippen LogP contribution in [0.5, 0.6) is 11.5 Å². The Hall–Kier alpha value is -2.73. The molecule has 2 aromatic carbocycles. The number of halogens is 1. The van der Waals surface area contributed by atoms with Crippen LogP contribution in [0.4, 0.5) is 0 Å². The Morgan fingerprint density at radius 3 is 2.46 bits per heavy atom. The second-order valence-corrected chi connectivity index (χ2v) is 6.28. The van der Waals surface area contributed by atoms with Crippen LogP contribution in [0.3, 0.4) is 0 Å². The van der Waals surface area contributed by atoms with E-state index < -0.39 is 6.04 Å². The van der Waals surface area contributed by atoms with Crippen molar-refractivity contribution in [3.63, 3.8) is 0 Å². The van der Waals surface area contributed by atoms with Gasteiger partial charge in [-0.1, -0.05) is 23.7 Å². The molecule has 3 rings (SSSR count). The lowest BCUT2D eigenvalue weighted by atomic mass is 10.0. The number of benzene rings is 2. The maximum absolute atomic E-state index is 13.2. The van der Waals surface area contributed by atoms with Crippen molar-refractivity contribution in [3.05, 3.63) is 58.6 Å². The van der Waals surface area contributed by atoms with Gasteiger partial charge in [-0.2, -0.15) is 0 Å². The third-order valence-electron chi connectivity index (χ3n) is 4.24. The second-order valence-electron chi connectivity index (χ2n) is 5.85.